The van der Waals surface area contributed by atoms with Gasteiger partial charge in [-0.15, -0.1) is 0 Å². The van der Waals surface area contributed by atoms with E-state index in [1.807, 2.05) is 30.3 Å². The molecule has 1 heterocycles. The molecule has 4 nitrogen and oxygen atoms in total. The fourth-order valence-electron chi connectivity index (χ4n) is 4.19. The molecular formula is C28H26ClNO3. The first-order chi connectivity index (χ1) is 15.9. The fraction of sp³-hybridized carbons (Fsp3) is 0.214. The van der Waals surface area contributed by atoms with E-state index in [4.69, 9.17) is 16.3 Å². The molecule has 0 bridgehead atoms. The van der Waals surface area contributed by atoms with E-state index in [2.05, 4.69) is 35.8 Å². The summed E-state index contributed by atoms with van der Waals surface area (Å²) in [6.07, 6.45) is 1.67. The molecule has 3 aromatic rings. The van der Waals surface area contributed by atoms with E-state index in [-0.39, 0.29) is 5.78 Å². The second-order valence-corrected chi connectivity index (χ2v) is 8.52. The Morgan fingerprint density at radius 3 is 2.24 bits per heavy atom. The number of nitrogens with zero attached hydrogens (tertiary/aromatic N) is 1. The molecule has 0 N–H and O–H groups in total. The number of fused-ring (bicyclic) bond motifs is 2. The molecule has 2 aromatic carbocycles. The zero-order chi connectivity index (χ0) is 23.5. The molecule has 5 heteroatoms. The Hall–Kier alpha value is -3.37. The first-order valence-electron chi connectivity index (χ1n) is 11.0. The minimum atomic E-state index is -0.399. The van der Waals surface area contributed by atoms with E-state index in [1.54, 1.807) is 19.1 Å². The number of hydrogen-bond acceptors (Lipinski definition) is 3. The molecule has 0 atom stereocenters. The van der Waals surface area contributed by atoms with E-state index in [1.165, 1.54) is 18.2 Å². The second kappa shape index (κ2) is 9.63. The van der Waals surface area contributed by atoms with Crippen LogP contribution in [0.4, 0.5) is 0 Å². The molecule has 0 unspecified atom stereocenters. The number of hydrogen-bond donors (Lipinski definition) is 0. The standard InChI is InChI=1S/C22H22ClNO3.C6H4/c1-4-7-19-21(14(2)25)17-11-10-15(22(26)27-3)12-20(17)24(19)13-16-8-5-6-9-18(16)23;1-2-5-4-6(5)3-1/h5-6,8-12H,4,7,13H2,1-3H3;1-4H. The Morgan fingerprint density at radius 2 is 1.70 bits per heavy atom. The van der Waals surface area contributed by atoms with Gasteiger partial charge in [0, 0.05) is 28.2 Å². The topological polar surface area (TPSA) is 48.3 Å². The number of carbonyl (C=O) groups is 2. The van der Waals surface area contributed by atoms with Crippen molar-refractivity contribution in [2.45, 2.75) is 33.2 Å². The fourth-order valence-corrected chi connectivity index (χ4v) is 4.39. The van der Waals surface area contributed by atoms with Crippen LogP contribution in [0.3, 0.4) is 0 Å². The average molecular weight is 460 g/mol. The minimum Gasteiger partial charge on any atom is -0.465 e. The molecule has 5 rings (SSSR count). The summed E-state index contributed by atoms with van der Waals surface area (Å²) in [4.78, 5) is 24.4. The molecule has 1 aromatic heterocycles. The number of ketones is 1. The maximum absolute atomic E-state index is 12.4. The highest BCUT2D eigenvalue weighted by atomic mass is 35.5. The normalized spacial score (nSPS) is 11.0. The van der Waals surface area contributed by atoms with E-state index in [0.29, 0.717) is 17.1 Å². The highest BCUT2D eigenvalue weighted by molar-refractivity contribution is 6.31. The Kier molecular flexibility index (Phi) is 6.66. The Bertz CT molecular complexity index is 1340. The molecular weight excluding hydrogens is 434 g/mol. The van der Waals surface area contributed by atoms with Crippen LogP contribution in [0, 0.1) is 0 Å². The van der Waals surface area contributed by atoms with Crippen LogP contribution in [0.5, 0.6) is 0 Å². The number of benzene rings is 3. The van der Waals surface area contributed by atoms with E-state index in [9.17, 15) is 9.59 Å². The number of esters is 1. The molecule has 2 aliphatic carbocycles. The van der Waals surface area contributed by atoms with Crippen molar-refractivity contribution in [3.05, 3.63) is 94.1 Å². The second-order valence-electron chi connectivity index (χ2n) is 8.11. The van der Waals surface area contributed by atoms with Gasteiger partial charge >= 0.3 is 5.97 Å². The summed E-state index contributed by atoms with van der Waals surface area (Å²) in [6.45, 7) is 4.20. The van der Waals surface area contributed by atoms with Crippen LogP contribution >= 0.6 is 11.6 Å². The quantitative estimate of drug-likeness (QED) is 0.204. The van der Waals surface area contributed by atoms with Crippen LogP contribution in [0.25, 0.3) is 22.0 Å². The largest absolute Gasteiger partial charge is 0.465 e. The van der Waals surface area contributed by atoms with Crippen molar-refractivity contribution >= 4 is 34.3 Å². The van der Waals surface area contributed by atoms with Gasteiger partial charge in [0.05, 0.1) is 18.2 Å². The Labute approximate surface area is 198 Å². The number of ether oxygens (including phenoxy) is 1. The summed E-state index contributed by atoms with van der Waals surface area (Å²) in [7, 11) is 1.36. The monoisotopic (exact) mass is 459 g/mol. The van der Waals surface area contributed by atoms with Gasteiger partial charge in [0.1, 0.15) is 0 Å². The Balaban J connectivity index is 0.000000367. The average Bonchev–Trinajstić information content (AvgIpc) is 3.28. The lowest BCUT2D eigenvalue weighted by atomic mass is 10.0. The summed E-state index contributed by atoms with van der Waals surface area (Å²) < 4.78 is 6.96. The lowest BCUT2D eigenvalue weighted by Gasteiger charge is -2.13. The first-order valence-corrected chi connectivity index (χ1v) is 11.4. The maximum Gasteiger partial charge on any atom is 0.337 e. The zero-order valence-electron chi connectivity index (χ0n) is 19.0. The lowest BCUT2D eigenvalue weighted by molar-refractivity contribution is 0.0600. The van der Waals surface area contributed by atoms with E-state index >= 15 is 0 Å². The molecule has 168 valence electrons. The molecule has 0 fully saturated rings. The van der Waals surface area contributed by atoms with Crippen LogP contribution in [-0.4, -0.2) is 23.4 Å². The van der Waals surface area contributed by atoms with Crippen molar-refractivity contribution in [1.29, 1.82) is 0 Å². The summed E-state index contributed by atoms with van der Waals surface area (Å²) in [5.74, 6) is -0.379. The van der Waals surface area contributed by atoms with Crippen molar-refractivity contribution in [3.8, 4) is 11.1 Å². The van der Waals surface area contributed by atoms with Crippen molar-refractivity contribution < 1.29 is 14.3 Å². The molecule has 0 radical (unpaired) electrons. The molecule has 33 heavy (non-hydrogen) atoms. The van der Waals surface area contributed by atoms with Crippen molar-refractivity contribution in [2.24, 2.45) is 0 Å². The highest BCUT2D eigenvalue weighted by Crippen LogP contribution is 2.33. The van der Waals surface area contributed by atoms with Crippen LogP contribution < -0.4 is 0 Å². The van der Waals surface area contributed by atoms with Crippen molar-refractivity contribution in [1.82, 2.24) is 4.57 Å². The maximum atomic E-state index is 12.4. The molecule has 0 spiro atoms. The highest BCUT2D eigenvalue weighted by Gasteiger charge is 2.21. The smallest absolute Gasteiger partial charge is 0.337 e. The minimum absolute atomic E-state index is 0.0205. The van der Waals surface area contributed by atoms with Gasteiger partial charge in [-0.05, 0) is 54.3 Å². The van der Waals surface area contributed by atoms with Gasteiger partial charge in [-0.1, -0.05) is 67.4 Å². The predicted octanol–water partition coefficient (Wildman–Crippen LogP) is 6.95. The summed E-state index contributed by atoms with van der Waals surface area (Å²) in [5, 5.41) is 1.53. The van der Waals surface area contributed by atoms with Gasteiger partial charge < -0.3 is 9.30 Å². The zero-order valence-corrected chi connectivity index (χ0v) is 19.8. The van der Waals surface area contributed by atoms with Gasteiger partial charge in [-0.25, -0.2) is 4.79 Å². The summed E-state index contributed by atoms with van der Waals surface area (Å²) >= 11 is 6.37. The SMILES string of the molecule is CCCc1c(C(C)=O)c2ccc(C(=O)OC)cc2n1Cc1ccccc1Cl.c1cc2cc-2c1. The van der Waals surface area contributed by atoms with Crippen LogP contribution in [-0.2, 0) is 17.7 Å². The number of aromatic nitrogens is 1. The number of carbonyl (C=O) groups excluding carboxylic acids is 2. The third kappa shape index (κ3) is 4.71. The molecule has 0 aliphatic heterocycles. The summed E-state index contributed by atoms with van der Waals surface area (Å²) in [6, 6.07) is 21.5. The van der Waals surface area contributed by atoms with Gasteiger partial charge in [0.15, 0.2) is 5.78 Å². The summed E-state index contributed by atoms with van der Waals surface area (Å²) in [5.41, 5.74) is 6.81. The van der Waals surface area contributed by atoms with Crippen LogP contribution in [0.2, 0.25) is 5.02 Å². The number of methoxy groups -OCH3 is 1. The van der Waals surface area contributed by atoms with Crippen molar-refractivity contribution in [3.63, 3.8) is 0 Å². The predicted molar refractivity (Wildman–Crippen MR) is 133 cm³/mol. The number of rotatable bonds is 6. The van der Waals surface area contributed by atoms with Gasteiger partial charge in [-0.3, -0.25) is 4.79 Å². The van der Waals surface area contributed by atoms with E-state index in [0.717, 1.165) is 40.6 Å². The first kappa shape index (κ1) is 22.8. The van der Waals surface area contributed by atoms with Crippen LogP contribution in [0.1, 0.15) is 52.2 Å². The van der Waals surface area contributed by atoms with Crippen molar-refractivity contribution in [2.75, 3.05) is 7.11 Å². The molecule has 0 saturated heterocycles. The number of halogens is 1. The lowest BCUT2D eigenvalue weighted by Crippen LogP contribution is -2.08. The van der Waals surface area contributed by atoms with Gasteiger partial charge in [-0.2, -0.15) is 0 Å². The van der Waals surface area contributed by atoms with Gasteiger partial charge in [0.25, 0.3) is 0 Å². The number of Topliss-reactive ketones (excluding diaryl/α,β-unsaturated/α-hetero) is 1. The van der Waals surface area contributed by atoms with Crippen LogP contribution in [0.15, 0.2) is 66.7 Å². The molecule has 0 saturated carbocycles. The van der Waals surface area contributed by atoms with Gasteiger partial charge in [0.2, 0.25) is 0 Å². The van der Waals surface area contributed by atoms with E-state index < -0.39 is 5.97 Å². The third-order valence-electron chi connectivity index (χ3n) is 5.83. The molecule has 0 amide bonds. The Morgan fingerprint density at radius 1 is 0.970 bits per heavy atom. The molecule has 2 aliphatic rings. The third-order valence-corrected chi connectivity index (χ3v) is 6.20.